The van der Waals surface area contributed by atoms with Gasteiger partial charge in [-0.05, 0) is 62.4 Å². The Balaban J connectivity index is 1.53. The Morgan fingerprint density at radius 3 is 2.90 bits per heavy atom. The maximum atomic E-state index is 12.9. The molecule has 0 aliphatic heterocycles. The molecule has 1 aliphatic carbocycles. The number of aromatic amines is 1. The van der Waals surface area contributed by atoms with E-state index in [-0.39, 0.29) is 11.6 Å². The van der Waals surface area contributed by atoms with Gasteiger partial charge in [0.2, 0.25) is 0 Å². The van der Waals surface area contributed by atoms with Crippen LogP contribution in [0.4, 0.5) is 0 Å². The van der Waals surface area contributed by atoms with Crippen LogP contribution in [0.1, 0.15) is 48.1 Å². The lowest BCUT2D eigenvalue weighted by Crippen LogP contribution is -2.26. The van der Waals surface area contributed by atoms with Gasteiger partial charge in [-0.3, -0.25) is 9.69 Å². The van der Waals surface area contributed by atoms with Crippen LogP contribution in [0, 0.1) is 5.92 Å². The van der Waals surface area contributed by atoms with Crippen LogP contribution >= 0.6 is 11.3 Å². The summed E-state index contributed by atoms with van der Waals surface area (Å²) in [6.45, 7) is 9.29. The van der Waals surface area contributed by atoms with E-state index in [1.54, 1.807) is 17.4 Å². The second kappa shape index (κ2) is 8.74. The fourth-order valence-corrected chi connectivity index (χ4v) is 5.43. The molecular formula is C24H29N3O2S. The minimum Gasteiger partial charge on any atom is -0.490 e. The summed E-state index contributed by atoms with van der Waals surface area (Å²) in [7, 11) is 2.05. The van der Waals surface area contributed by atoms with Crippen molar-refractivity contribution >= 4 is 21.6 Å². The molecule has 2 atom stereocenters. The molecule has 2 aromatic heterocycles. The largest absolute Gasteiger partial charge is 0.490 e. The van der Waals surface area contributed by atoms with E-state index >= 15 is 0 Å². The van der Waals surface area contributed by atoms with Crippen LogP contribution in [-0.4, -0.2) is 28.5 Å². The maximum Gasteiger partial charge on any atom is 0.259 e. The van der Waals surface area contributed by atoms with Crippen LogP contribution in [0.2, 0.25) is 0 Å². The zero-order chi connectivity index (χ0) is 21.3. The number of ether oxygens (including phenoxy) is 1. The van der Waals surface area contributed by atoms with Crippen molar-refractivity contribution in [2.24, 2.45) is 5.92 Å². The minimum absolute atomic E-state index is 0.00292. The van der Waals surface area contributed by atoms with Crippen molar-refractivity contribution in [2.45, 2.75) is 45.7 Å². The molecular weight excluding hydrogens is 394 g/mol. The Morgan fingerprint density at radius 2 is 2.17 bits per heavy atom. The summed E-state index contributed by atoms with van der Waals surface area (Å²) in [6, 6.07) is 8.07. The molecule has 3 aromatic rings. The number of rotatable bonds is 7. The van der Waals surface area contributed by atoms with Gasteiger partial charge in [0.1, 0.15) is 23.0 Å². The van der Waals surface area contributed by atoms with Crippen LogP contribution in [0.15, 0.2) is 41.7 Å². The van der Waals surface area contributed by atoms with Gasteiger partial charge in [0.15, 0.2) is 0 Å². The van der Waals surface area contributed by atoms with E-state index in [1.807, 2.05) is 12.1 Å². The summed E-state index contributed by atoms with van der Waals surface area (Å²) in [5.41, 5.74) is 2.42. The Morgan fingerprint density at radius 1 is 1.40 bits per heavy atom. The third-order valence-corrected chi connectivity index (χ3v) is 7.11. The van der Waals surface area contributed by atoms with Crippen molar-refractivity contribution in [3.8, 4) is 5.75 Å². The van der Waals surface area contributed by atoms with E-state index in [0.29, 0.717) is 12.5 Å². The summed E-state index contributed by atoms with van der Waals surface area (Å²) < 4.78 is 5.55. The normalized spacial score (nSPS) is 17.1. The van der Waals surface area contributed by atoms with E-state index in [2.05, 4.69) is 49.5 Å². The summed E-state index contributed by atoms with van der Waals surface area (Å²) in [5, 5.41) is 0.815. The molecule has 5 nitrogen and oxygen atoms in total. The number of aromatic nitrogens is 2. The molecule has 6 heteroatoms. The molecule has 0 fully saturated rings. The fourth-order valence-electron chi connectivity index (χ4n) is 4.04. The number of nitrogens with one attached hydrogen (secondary N) is 1. The predicted molar refractivity (Wildman–Crippen MR) is 123 cm³/mol. The lowest BCUT2D eigenvalue weighted by Gasteiger charge is -2.24. The highest BCUT2D eigenvalue weighted by Crippen LogP contribution is 2.36. The van der Waals surface area contributed by atoms with Crippen molar-refractivity contribution in [3.63, 3.8) is 0 Å². The van der Waals surface area contributed by atoms with E-state index in [1.165, 1.54) is 16.0 Å². The second-order valence-electron chi connectivity index (χ2n) is 8.32. The quantitative estimate of drug-likeness (QED) is 0.551. The van der Waals surface area contributed by atoms with Gasteiger partial charge in [-0.25, -0.2) is 4.98 Å². The number of hydrogen-bond donors (Lipinski definition) is 1. The summed E-state index contributed by atoms with van der Waals surface area (Å²) >= 11 is 1.70. The van der Waals surface area contributed by atoms with Gasteiger partial charge in [0.05, 0.1) is 11.4 Å². The van der Waals surface area contributed by atoms with Crippen molar-refractivity contribution in [1.29, 1.82) is 0 Å². The summed E-state index contributed by atoms with van der Waals surface area (Å²) in [6.07, 6.45) is 4.94. The number of hydrogen-bond acceptors (Lipinski definition) is 5. The molecule has 158 valence electrons. The first-order valence-electron chi connectivity index (χ1n) is 10.5. The second-order valence-corrected chi connectivity index (χ2v) is 9.40. The van der Waals surface area contributed by atoms with Gasteiger partial charge in [-0.15, -0.1) is 11.3 Å². The Kier molecular flexibility index (Phi) is 6.06. The third kappa shape index (κ3) is 4.20. The highest BCUT2D eigenvalue weighted by atomic mass is 32.1. The molecule has 0 unspecified atom stereocenters. The molecule has 4 rings (SSSR count). The lowest BCUT2D eigenvalue weighted by atomic mass is 9.89. The Bertz CT molecular complexity index is 1100. The molecule has 1 aliphatic rings. The highest BCUT2D eigenvalue weighted by Gasteiger charge is 2.24. The highest BCUT2D eigenvalue weighted by molar-refractivity contribution is 7.18. The van der Waals surface area contributed by atoms with Crippen LogP contribution in [0.25, 0.3) is 10.2 Å². The first-order valence-corrected chi connectivity index (χ1v) is 11.3. The number of benzene rings is 1. The molecule has 30 heavy (non-hydrogen) atoms. The smallest absolute Gasteiger partial charge is 0.259 e. The van der Waals surface area contributed by atoms with Crippen LogP contribution < -0.4 is 10.3 Å². The molecule has 0 saturated carbocycles. The standard InChI is InChI=1S/C24H29N3O2S/c1-5-12-29-18-9-7-17(8-10-18)14-27(4)16(3)22-25-23(28)21-19-11-6-15(2)13-20(19)30-24(21)26-22/h5,7-10,15-16H,1,6,11-14H2,2-4H3,(H,25,26,28)/t15-,16+/m1/s1. The zero-order valence-electron chi connectivity index (χ0n) is 17.9. The molecule has 0 spiro atoms. The molecule has 2 heterocycles. The van der Waals surface area contributed by atoms with Gasteiger partial charge in [0, 0.05) is 11.4 Å². The van der Waals surface area contributed by atoms with Crippen molar-refractivity contribution in [1.82, 2.24) is 14.9 Å². The van der Waals surface area contributed by atoms with E-state index < -0.39 is 0 Å². The summed E-state index contributed by atoms with van der Waals surface area (Å²) in [5.74, 6) is 2.25. The summed E-state index contributed by atoms with van der Waals surface area (Å²) in [4.78, 5) is 25.3. The molecule has 1 aromatic carbocycles. The van der Waals surface area contributed by atoms with Gasteiger partial charge >= 0.3 is 0 Å². The molecule has 0 radical (unpaired) electrons. The van der Waals surface area contributed by atoms with E-state index in [4.69, 9.17) is 9.72 Å². The van der Waals surface area contributed by atoms with Gasteiger partial charge in [-0.2, -0.15) is 0 Å². The van der Waals surface area contributed by atoms with Crippen molar-refractivity contribution < 1.29 is 4.74 Å². The number of nitrogens with zero attached hydrogens (tertiary/aromatic N) is 2. The van der Waals surface area contributed by atoms with Crippen molar-refractivity contribution in [3.05, 3.63) is 69.1 Å². The molecule has 0 bridgehead atoms. The van der Waals surface area contributed by atoms with E-state index in [9.17, 15) is 4.79 Å². The molecule has 0 amide bonds. The van der Waals surface area contributed by atoms with Crippen LogP contribution in [0.5, 0.6) is 5.75 Å². The topological polar surface area (TPSA) is 58.2 Å². The minimum atomic E-state index is -0.00292. The fraction of sp³-hybridized carbons (Fsp3) is 0.417. The van der Waals surface area contributed by atoms with Crippen LogP contribution in [-0.2, 0) is 19.4 Å². The average Bonchev–Trinajstić information content (AvgIpc) is 3.10. The SMILES string of the molecule is C=CCOc1ccc(CN(C)[C@@H](C)c2nc3sc4c(c3c(=O)[nH]2)CC[C@@H](C)C4)cc1. The molecule has 1 N–H and O–H groups in total. The number of aryl methyl sites for hydroxylation is 1. The Labute approximate surface area is 181 Å². The van der Waals surface area contributed by atoms with Gasteiger partial charge in [0.25, 0.3) is 5.56 Å². The first kappa shape index (κ1) is 20.8. The van der Waals surface area contributed by atoms with Crippen molar-refractivity contribution in [2.75, 3.05) is 13.7 Å². The van der Waals surface area contributed by atoms with Crippen LogP contribution in [0.3, 0.4) is 0 Å². The number of H-pyrrole nitrogens is 1. The lowest BCUT2D eigenvalue weighted by molar-refractivity contribution is 0.244. The first-order chi connectivity index (χ1) is 14.5. The van der Waals surface area contributed by atoms with Gasteiger partial charge in [-0.1, -0.05) is 31.7 Å². The Hall–Kier alpha value is -2.44. The molecule has 0 saturated heterocycles. The maximum absolute atomic E-state index is 12.9. The monoisotopic (exact) mass is 423 g/mol. The average molecular weight is 424 g/mol. The van der Waals surface area contributed by atoms with Gasteiger partial charge < -0.3 is 9.72 Å². The number of thiophene rings is 1. The number of fused-ring (bicyclic) bond motifs is 3. The van der Waals surface area contributed by atoms with E-state index in [0.717, 1.165) is 47.6 Å². The third-order valence-electron chi connectivity index (χ3n) is 5.96. The predicted octanol–water partition coefficient (Wildman–Crippen LogP) is 4.87. The zero-order valence-corrected chi connectivity index (χ0v) is 18.7.